The molecule has 1 aliphatic rings. The molecule has 2 aromatic carbocycles. The van der Waals surface area contributed by atoms with Crippen molar-refractivity contribution in [1.82, 2.24) is 10.2 Å². The van der Waals surface area contributed by atoms with Gasteiger partial charge in [0.25, 0.3) is 5.91 Å². The Morgan fingerprint density at radius 3 is 2.46 bits per heavy atom. The van der Waals surface area contributed by atoms with Gasteiger partial charge in [-0.05, 0) is 41.8 Å². The van der Waals surface area contributed by atoms with Crippen LogP contribution < -0.4 is 15.8 Å². The Morgan fingerprint density at radius 2 is 1.85 bits per heavy atom. The number of benzene rings is 2. The average molecular weight is 353 g/mol. The van der Waals surface area contributed by atoms with Crippen molar-refractivity contribution in [3.63, 3.8) is 0 Å². The van der Waals surface area contributed by atoms with E-state index in [1.807, 2.05) is 29.2 Å². The van der Waals surface area contributed by atoms with Crippen LogP contribution in [0.5, 0.6) is 5.75 Å². The normalized spacial score (nSPS) is 16.3. The standard InChI is InChI=1S/C20H23N3O3/c1-26-18-8-6-15(7-9-18)17-10-11-23(13-17)19(24)16-4-2-14(3-5-16)12-22-20(21)25/h2-9,17H,10-13H2,1H3,(H3,21,22,25). The number of amides is 3. The molecule has 3 N–H and O–H groups in total. The summed E-state index contributed by atoms with van der Waals surface area (Å²) < 4.78 is 5.19. The van der Waals surface area contributed by atoms with Crippen molar-refractivity contribution in [2.75, 3.05) is 20.2 Å². The fourth-order valence-corrected chi connectivity index (χ4v) is 3.23. The minimum atomic E-state index is -0.563. The van der Waals surface area contributed by atoms with Crippen molar-refractivity contribution in [3.8, 4) is 5.75 Å². The molecule has 1 heterocycles. The molecule has 136 valence electrons. The van der Waals surface area contributed by atoms with Crippen molar-refractivity contribution in [1.29, 1.82) is 0 Å². The van der Waals surface area contributed by atoms with E-state index in [2.05, 4.69) is 17.4 Å². The number of carbonyl (C=O) groups excluding carboxylic acids is 2. The van der Waals surface area contributed by atoms with E-state index in [1.54, 1.807) is 19.2 Å². The number of nitrogens with two attached hydrogens (primary N) is 1. The number of urea groups is 1. The first-order chi connectivity index (χ1) is 12.6. The number of nitrogens with zero attached hydrogens (tertiary/aromatic N) is 1. The van der Waals surface area contributed by atoms with Gasteiger partial charge in [0.1, 0.15) is 5.75 Å². The maximum Gasteiger partial charge on any atom is 0.312 e. The second kappa shape index (κ2) is 7.91. The van der Waals surface area contributed by atoms with Crippen LogP contribution in [0, 0.1) is 0 Å². The number of hydrogen-bond donors (Lipinski definition) is 2. The van der Waals surface area contributed by atoms with E-state index < -0.39 is 6.03 Å². The maximum absolute atomic E-state index is 12.7. The van der Waals surface area contributed by atoms with Crippen molar-refractivity contribution in [2.24, 2.45) is 5.73 Å². The molecule has 0 saturated carbocycles. The lowest BCUT2D eigenvalue weighted by atomic mass is 9.98. The second-order valence-corrected chi connectivity index (χ2v) is 6.42. The van der Waals surface area contributed by atoms with Crippen LogP contribution in [0.2, 0.25) is 0 Å². The van der Waals surface area contributed by atoms with E-state index in [-0.39, 0.29) is 5.91 Å². The first-order valence-corrected chi connectivity index (χ1v) is 8.62. The zero-order valence-electron chi connectivity index (χ0n) is 14.8. The fraction of sp³-hybridized carbons (Fsp3) is 0.300. The zero-order chi connectivity index (χ0) is 18.5. The number of ether oxygens (including phenoxy) is 1. The number of primary amides is 1. The van der Waals surface area contributed by atoms with Crippen LogP contribution in [0.25, 0.3) is 0 Å². The zero-order valence-corrected chi connectivity index (χ0v) is 14.8. The Morgan fingerprint density at radius 1 is 1.15 bits per heavy atom. The van der Waals surface area contributed by atoms with Gasteiger partial charge in [-0.1, -0.05) is 24.3 Å². The van der Waals surface area contributed by atoms with Crippen molar-refractivity contribution >= 4 is 11.9 Å². The lowest BCUT2D eigenvalue weighted by Crippen LogP contribution is -2.29. The average Bonchev–Trinajstić information content (AvgIpc) is 3.16. The Balaban J connectivity index is 1.60. The Hall–Kier alpha value is -3.02. The van der Waals surface area contributed by atoms with Crippen LogP contribution in [-0.2, 0) is 6.54 Å². The molecule has 1 fully saturated rings. The number of carbonyl (C=O) groups is 2. The highest BCUT2D eigenvalue weighted by molar-refractivity contribution is 5.94. The van der Waals surface area contributed by atoms with Gasteiger partial charge >= 0.3 is 6.03 Å². The van der Waals surface area contributed by atoms with E-state index >= 15 is 0 Å². The molecule has 0 radical (unpaired) electrons. The van der Waals surface area contributed by atoms with E-state index in [0.717, 1.165) is 30.8 Å². The summed E-state index contributed by atoms with van der Waals surface area (Å²) in [7, 11) is 1.65. The van der Waals surface area contributed by atoms with E-state index in [4.69, 9.17) is 10.5 Å². The number of likely N-dealkylation sites (tertiary alicyclic amines) is 1. The van der Waals surface area contributed by atoms with Gasteiger partial charge in [0, 0.05) is 31.1 Å². The summed E-state index contributed by atoms with van der Waals surface area (Å²) in [6.45, 7) is 1.82. The third kappa shape index (κ3) is 4.14. The van der Waals surface area contributed by atoms with Gasteiger partial charge in [0.05, 0.1) is 7.11 Å². The Kier molecular flexibility index (Phi) is 5.41. The monoisotopic (exact) mass is 353 g/mol. The molecule has 1 unspecified atom stereocenters. The molecule has 0 aliphatic carbocycles. The summed E-state index contributed by atoms with van der Waals surface area (Å²) in [6.07, 6.45) is 0.957. The highest BCUT2D eigenvalue weighted by atomic mass is 16.5. The highest BCUT2D eigenvalue weighted by Gasteiger charge is 2.27. The van der Waals surface area contributed by atoms with E-state index in [1.165, 1.54) is 5.56 Å². The molecule has 26 heavy (non-hydrogen) atoms. The van der Waals surface area contributed by atoms with Crippen LogP contribution in [0.15, 0.2) is 48.5 Å². The van der Waals surface area contributed by atoms with Crippen molar-refractivity contribution in [3.05, 3.63) is 65.2 Å². The summed E-state index contributed by atoms with van der Waals surface area (Å²) in [5, 5.41) is 2.53. The van der Waals surface area contributed by atoms with Gasteiger partial charge in [-0.2, -0.15) is 0 Å². The van der Waals surface area contributed by atoms with Gasteiger partial charge in [-0.25, -0.2) is 4.79 Å². The van der Waals surface area contributed by atoms with Gasteiger partial charge in [0.15, 0.2) is 0 Å². The summed E-state index contributed by atoms with van der Waals surface area (Å²) >= 11 is 0. The lowest BCUT2D eigenvalue weighted by Gasteiger charge is -2.17. The van der Waals surface area contributed by atoms with Gasteiger partial charge in [0.2, 0.25) is 0 Å². The summed E-state index contributed by atoms with van der Waals surface area (Å²) in [6, 6.07) is 14.7. The largest absolute Gasteiger partial charge is 0.497 e. The number of nitrogens with one attached hydrogen (secondary N) is 1. The predicted molar refractivity (Wildman–Crippen MR) is 99.1 cm³/mol. The molecule has 0 spiro atoms. The molecule has 2 aromatic rings. The molecule has 1 saturated heterocycles. The molecule has 3 amide bonds. The molecule has 0 bridgehead atoms. The minimum Gasteiger partial charge on any atom is -0.497 e. The Labute approximate surface area is 152 Å². The third-order valence-electron chi connectivity index (χ3n) is 4.73. The van der Waals surface area contributed by atoms with E-state index in [9.17, 15) is 9.59 Å². The Bertz CT molecular complexity index is 772. The summed E-state index contributed by atoms with van der Waals surface area (Å²) in [5.74, 6) is 1.23. The van der Waals surface area contributed by atoms with Crippen LogP contribution in [0.4, 0.5) is 4.79 Å². The molecule has 0 aromatic heterocycles. The predicted octanol–water partition coefficient (Wildman–Crippen LogP) is 2.49. The molecular weight excluding hydrogens is 330 g/mol. The number of methoxy groups -OCH3 is 1. The topological polar surface area (TPSA) is 84.7 Å². The molecule has 6 heteroatoms. The molecule has 1 atom stereocenters. The van der Waals surface area contributed by atoms with Crippen LogP contribution in [0.1, 0.15) is 33.8 Å². The molecule has 1 aliphatic heterocycles. The quantitative estimate of drug-likeness (QED) is 0.866. The highest BCUT2D eigenvalue weighted by Crippen LogP contribution is 2.29. The third-order valence-corrected chi connectivity index (χ3v) is 4.73. The molecular formula is C20H23N3O3. The van der Waals surface area contributed by atoms with Gasteiger partial charge in [-0.3, -0.25) is 4.79 Å². The fourth-order valence-electron chi connectivity index (χ4n) is 3.23. The summed E-state index contributed by atoms with van der Waals surface area (Å²) in [4.78, 5) is 25.4. The minimum absolute atomic E-state index is 0.0374. The van der Waals surface area contributed by atoms with Crippen LogP contribution in [-0.4, -0.2) is 37.0 Å². The molecule has 6 nitrogen and oxygen atoms in total. The van der Waals surface area contributed by atoms with E-state index in [0.29, 0.717) is 18.0 Å². The number of hydrogen-bond acceptors (Lipinski definition) is 3. The van der Waals surface area contributed by atoms with Crippen LogP contribution in [0.3, 0.4) is 0 Å². The maximum atomic E-state index is 12.7. The SMILES string of the molecule is COc1ccc(C2CCN(C(=O)c3ccc(CNC(N)=O)cc3)C2)cc1. The molecule has 3 rings (SSSR count). The lowest BCUT2D eigenvalue weighted by molar-refractivity contribution is 0.0790. The summed E-state index contributed by atoms with van der Waals surface area (Å²) in [5.41, 5.74) is 7.85. The first-order valence-electron chi connectivity index (χ1n) is 8.62. The van der Waals surface area contributed by atoms with Crippen molar-refractivity contribution < 1.29 is 14.3 Å². The van der Waals surface area contributed by atoms with Gasteiger partial charge < -0.3 is 20.7 Å². The smallest absolute Gasteiger partial charge is 0.312 e. The first kappa shape index (κ1) is 17.8. The number of rotatable bonds is 5. The second-order valence-electron chi connectivity index (χ2n) is 6.42. The van der Waals surface area contributed by atoms with Gasteiger partial charge in [-0.15, -0.1) is 0 Å². The van der Waals surface area contributed by atoms with Crippen molar-refractivity contribution in [2.45, 2.75) is 18.9 Å². The van der Waals surface area contributed by atoms with Crippen LogP contribution >= 0.6 is 0 Å².